The maximum Gasteiger partial charge on any atom is 0.265 e. The van der Waals surface area contributed by atoms with Gasteiger partial charge in [-0.2, -0.15) is 0 Å². The molecule has 4 heterocycles. The van der Waals surface area contributed by atoms with Crippen molar-refractivity contribution in [2.75, 3.05) is 0 Å². The summed E-state index contributed by atoms with van der Waals surface area (Å²) in [4.78, 5) is 20.9. The Morgan fingerprint density at radius 2 is 1.96 bits per heavy atom. The number of benzene rings is 1. The molecule has 5 nitrogen and oxygen atoms in total. The first kappa shape index (κ1) is 12.3. The SMILES string of the molecule is O=c1c2cncc(F)c2c2nccc3c4cc(O)ccc4n1c32. The Kier molecular flexibility index (Phi) is 2.09. The molecule has 0 spiro atoms. The van der Waals surface area contributed by atoms with Crippen LogP contribution in [0.2, 0.25) is 0 Å². The van der Waals surface area contributed by atoms with E-state index in [4.69, 9.17) is 0 Å². The quantitative estimate of drug-likeness (QED) is 0.447. The van der Waals surface area contributed by atoms with Gasteiger partial charge in [-0.15, -0.1) is 0 Å². The van der Waals surface area contributed by atoms with E-state index in [1.54, 1.807) is 24.4 Å². The van der Waals surface area contributed by atoms with Gasteiger partial charge in [0.2, 0.25) is 0 Å². The van der Waals surface area contributed by atoms with E-state index in [0.717, 1.165) is 17.0 Å². The lowest BCUT2D eigenvalue weighted by atomic mass is 10.1. The van der Waals surface area contributed by atoms with Crippen molar-refractivity contribution in [3.63, 3.8) is 0 Å². The summed E-state index contributed by atoms with van der Waals surface area (Å²) in [5.74, 6) is -0.470. The number of aromatic hydroxyl groups is 1. The van der Waals surface area contributed by atoms with Crippen LogP contribution in [0.3, 0.4) is 0 Å². The number of phenolic OH excluding ortho intramolecular Hbond substituents is 1. The molecule has 0 saturated carbocycles. The Hall–Kier alpha value is -3.28. The normalized spacial score (nSPS) is 12.0. The molecule has 5 aromatic rings. The first-order valence-corrected chi connectivity index (χ1v) is 6.97. The molecule has 0 radical (unpaired) electrons. The molecule has 0 unspecified atom stereocenters. The molecule has 5 rings (SSSR count). The maximum absolute atomic E-state index is 14.3. The molecule has 6 heteroatoms. The van der Waals surface area contributed by atoms with Crippen molar-refractivity contribution in [1.82, 2.24) is 14.4 Å². The highest BCUT2D eigenvalue weighted by atomic mass is 19.1. The Labute approximate surface area is 127 Å². The highest BCUT2D eigenvalue weighted by Crippen LogP contribution is 2.34. The van der Waals surface area contributed by atoms with Crippen molar-refractivity contribution < 1.29 is 9.50 Å². The average Bonchev–Trinajstić information content (AvgIpc) is 2.87. The molecule has 0 aliphatic rings. The first-order valence-electron chi connectivity index (χ1n) is 6.97. The van der Waals surface area contributed by atoms with Gasteiger partial charge < -0.3 is 5.11 Å². The summed E-state index contributed by atoms with van der Waals surface area (Å²) in [6, 6.07) is 6.54. The lowest BCUT2D eigenvalue weighted by Gasteiger charge is -2.05. The zero-order chi connectivity index (χ0) is 15.7. The number of fused-ring (bicyclic) bond motifs is 5. The Morgan fingerprint density at radius 3 is 2.83 bits per heavy atom. The molecule has 23 heavy (non-hydrogen) atoms. The number of pyridine rings is 3. The zero-order valence-electron chi connectivity index (χ0n) is 11.6. The van der Waals surface area contributed by atoms with Crippen molar-refractivity contribution in [1.29, 1.82) is 0 Å². The van der Waals surface area contributed by atoms with Crippen LogP contribution in [0.15, 0.2) is 47.7 Å². The van der Waals surface area contributed by atoms with Gasteiger partial charge in [0.1, 0.15) is 5.75 Å². The van der Waals surface area contributed by atoms with Crippen LogP contribution in [0.5, 0.6) is 5.75 Å². The smallest absolute Gasteiger partial charge is 0.265 e. The van der Waals surface area contributed by atoms with E-state index in [2.05, 4.69) is 9.97 Å². The van der Waals surface area contributed by atoms with Crippen molar-refractivity contribution in [2.24, 2.45) is 0 Å². The molecule has 1 N–H and O–H groups in total. The van der Waals surface area contributed by atoms with E-state index in [9.17, 15) is 14.3 Å². The van der Waals surface area contributed by atoms with Gasteiger partial charge in [-0.05, 0) is 24.3 Å². The third-order valence-corrected chi connectivity index (χ3v) is 4.23. The minimum absolute atomic E-state index is 0.104. The zero-order valence-corrected chi connectivity index (χ0v) is 11.6. The fraction of sp³-hybridized carbons (Fsp3) is 0. The van der Waals surface area contributed by atoms with Crippen LogP contribution in [0.1, 0.15) is 0 Å². The van der Waals surface area contributed by atoms with E-state index < -0.39 is 5.82 Å². The van der Waals surface area contributed by atoms with Gasteiger partial charge in [0.05, 0.1) is 33.5 Å². The fourth-order valence-corrected chi connectivity index (χ4v) is 3.31. The molecular weight excluding hydrogens is 297 g/mol. The highest BCUT2D eigenvalue weighted by molar-refractivity contribution is 6.18. The highest BCUT2D eigenvalue weighted by Gasteiger charge is 2.19. The van der Waals surface area contributed by atoms with Gasteiger partial charge in [0, 0.05) is 23.2 Å². The van der Waals surface area contributed by atoms with Crippen LogP contribution in [-0.2, 0) is 0 Å². The molecule has 4 aromatic heterocycles. The maximum atomic E-state index is 14.3. The Balaban J connectivity index is 2.28. The van der Waals surface area contributed by atoms with Crippen LogP contribution in [0.4, 0.5) is 4.39 Å². The Bertz CT molecular complexity index is 1310. The molecular formula is C17H8FN3O2. The molecule has 0 bridgehead atoms. The fourth-order valence-electron chi connectivity index (χ4n) is 3.31. The number of hydrogen-bond acceptors (Lipinski definition) is 4. The van der Waals surface area contributed by atoms with Crippen molar-refractivity contribution in [2.45, 2.75) is 0 Å². The summed E-state index contributed by atoms with van der Waals surface area (Å²) >= 11 is 0. The summed E-state index contributed by atoms with van der Waals surface area (Å²) in [6.07, 6.45) is 4.01. The topological polar surface area (TPSA) is 67.5 Å². The van der Waals surface area contributed by atoms with Crippen LogP contribution in [0.25, 0.3) is 38.1 Å². The number of halogens is 1. The van der Waals surface area contributed by atoms with Crippen molar-refractivity contribution in [3.8, 4) is 5.75 Å². The molecule has 0 aliphatic carbocycles. The van der Waals surface area contributed by atoms with E-state index in [1.165, 1.54) is 16.7 Å². The molecule has 0 atom stereocenters. The second-order valence-corrected chi connectivity index (χ2v) is 5.44. The van der Waals surface area contributed by atoms with Crippen molar-refractivity contribution in [3.05, 3.63) is 59.0 Å². The van der Waals surface area contributed by atoms with E-state index >= 15 is 0 Å². The van der Waals surface area contributed by atoms with Gasteiger partial charge in [-0.1, -0.05) is 0 Å². The third kappa shape index (κ3) is 1.37. The summed E-state index contributed by atoms with van der Waals surface area (Å²) in [7, 11) is 0. The summed E-state index contributed by atoms with van der Waals surface area (Å²) in [5, 5.41) is 11.6. The van der Waals surface area contributed by atoms with Crippen LogP contribution < -0.4 is 5.56 Å². The number of rotatable bonds is 0. The second kappa shape index (κ2) is 3.92. The largest absolute Gasteiger partial charge is 0.508 e. The van der Waals surface area contributed by atoms with Gasteiger partial charge >= 0.3 is 0 Å². The minimum atomic E-state index is -0.574. The number of hydrogen-bond donors (Lipinski definition) is 1. The second-order valence-electron chi connectivity index (χ2n) is 5.44. The Morgan fingerprint density at radius 1 is 1.09 bits per heavy atom. The molecule has 0 saturated heterocycles. The number of nitrogens with zero attached hydrogens (tertiary/aromatic N) is 3. The van der Waals surface area contributed by atoms with Gasteiger partial charge in [-0.3, -0.25) is 19.2 Å². The lowest BCUT2D eigenvalue weighted by molar-refractivity contribution is 0.476. The monoisotopic (exact) mass is 305 g/mol. The minimum Gasteiger partial charge on any atom is -0.508 e. The predicted octanol–water partition coefficient (Wildman–Crippen LogP) is 2.83. The van der Waals surface area contributed by atoms with Gasteiger partial charge in [0.15, 0.2) is 5.82 Å². The van der Waals surface area contributed by atoms with E-state index in [1.807, 2.05) is 0 Å². The molecule has 0 fully saturated rings. The summed E-state index contributed by atoms with van der Waals surface area (Å²) < 4.78 is 15.8. The van der Waals surface area contributed by atoms with Crippen LogP contribution in [0, 0.1) is 5.82 Å². The van der Waals surface area contributed by atoms with Gasteiger partial charge in [0.25, 0.3) is 5.56 Å². The standard InChI is InChI=1S/C17H8FN3O2/c18-12-7-19-6-11-14(12)15-16-9(3-4-20-15)10-5-8(22)1-2-13(10)21(16)17(11)23/h1-7,22H. The van der Waals surface area contributed by atoms with E-state index in [-0.39, 0.29) is 22.1 Å². The molecule has 110 valence electrons. The number of aromatic nitrogens is 3. The van der Waals surface area contributed by atoms with Gasteiger partial charge in [-0.25, -0.2) is 4.39 Å². The molecule has 0 amide bonds. The van der Waals surface area contributed by atoms with Crippen LogP contribution >= 0.6 is 0 Å². The average molecular weight is 305 g/mol. The summed E-state index contributed by atoms with van der Waals surface area (Å²) in [6.45, 7) is 0. The first-order chi connectivity index (χ1) is 11.2. The van der Waals surface area contributed by atoms with Crippen molar-refractivity contribution >= 4 is 38.1 Å². The lowest BCUT2D eigenvalue weighted by Crippen LogP contribution is -2.14. The molecule has 1 aromatic carbocycles. The summed E-state index contributed by atoms with van der Waals surface area (Å²) in [5.41, 5.74) is 1.26. The number of phenols is 1. The third-order valence-electron chi connectivity index (χ3n) is 4.23. The predicted molar refractivity (Wildman–Crippen MR) is 84.6 cm³/mol. The van der Waals surface area contributed by atoms with Crippen LogP contribution in [-0.4, -0.2) is 19.5 Å². The molecule has 0 aliphatic heterocycles. The van der Waals surface area contributed by atoms with E-state index in [0.29, 0.717) is 16.6 Å².